The Morgan fingerprint density at radius 2 is 1.95 bits per heavy atom. The van der Waals surface area contributed by atoms with E-state index in [1.54, 1.807) is 0 Å². The highest BCUT2D eigenvalue weighted by molar-refractivity contribution is 5.91. The van der Waals surface area contributed by atoms with E-state index in [1.165, 1.54) is 0 Å². The van der Waals surface area contributed by atoms with Gasteiger partial charge in [0.15, 0.2) is 10.8 Å². The van der Waals surface area contributed by atoms with E-state index in [9.17, 15) is 25.7 Å². The second-order valence-electron chi connectivity index (χ2n) is 6.11. The van der Waals surface area contributed by atoms with Crippen LogP contribution in [0.1, 0.15) is 45.4 Å². The maximum absolute atomic E-state index is 12.2. The Kier molecular flexibility index (Phi) is 3.66. The number of aliphatic hydroxyl groups is 1. The Bertz CT molecular complexity index is 568. The van der Waals surface area contributed by atoms with E-state index in [4.69, 9.17) is 0 Å². The molecule has 0 spiro atoms. The number of fused-ring (bicyclic) bond motifs is 2. The SMILES string of the molecule is CCCCC[C@H]1C[C@@]2(O)C[C@](C#N)(C(=O)N2)C1(C#N)C#N. The molecule has 1 amide bonds. The van der Waals surface area contributed by atoms with E-state index < -0.39 is 28.4 Å². The predicted octanol–water partition coefficient (Wildman–Crippen LogP) is 1.34. The van der Waals surface area contributed by atoms with Crippen LogP contribution in [0, 0.1) is 50.7 Å². The van der Waals surface area contributed by atoms with Crippen LogP contribution in [-0.4, -0.2) is 16.7 Å². The molecular weight excluding hydrogens is 268 g/mol. The second-order valence-corrected chi connectivity index (χ2v) is 6.11. The monoisotopic (exact) mass is 286 g/mol. The zero-order valence-electron chi connectivity index (χ0n) is 12.0. The molecule has 1 aliphatic carbocycles. The maximum atomic E-state index is 12.2. The van der Waals surface area contributed by atoms with Crippen LogP contribution in [-0.2, 0) is 4.79 Å². The first-order valence-corrected chi connectivity index (χ1v) is 7.22. The normalized spacial score (nSPS) is 36.1. The summed E-state index contributed by atoms with van der Waals surface area (Å²) in [6, 6.07) is 5.79. The fraction of sp³-hybridized carbons (Fsp3) is 0.733. The molecule has 1 saturated heterocycles. The van der Waals surface area contributed by atoms with E-state index in [0.29, 0.717) is 6.42 Å². The molecule has 0 aromatic carbocycles. The largest absolute Gasteiger partial charge is 0.371 e. The van der Waals surface area contributed by atoms with Gasteiger partial charge < -0.3 is 10.4 Å². The van der Waals surface area contributed by atoms with Crippen molar-refractivity contribution in [1.29, 1.82) is 15.8 Å². The zero-order valence-corrected chi connectivity index (χ0v) is 12.0. The van der Waals surface area contributed by atoms with Crippen LogP contribution in [0.25, 0.3) is 0 Å². The summed E-state index contributed by atoms with van der Waals surface area (Å²) in [6.07, 6.45) is 3.24. The van der Waals surface area contributed by atoms with Gasteiger partial charge in [0.25, 0.3) is 0 Å². The molecule has 1 aliphatic heterocycles. The minimum absolute atomic E-state index is 0.146. The van der Waals surface area contributed by atoms with Crippen molar-refractivity contribution in [3.05, 3.63) is 0 Å². The molecule has 110 valence electrons. The van der Waals surface area contributed by atoms with Gasteiger partial charge >= 0.3 is 0 Å². The van der Waals surface area contributed by atoms with Crippen LogP contribution in [0.2, 0.25) is 0 Å². The average molecular weight is 286 g/mol. The molecule has 2 aliphatic rings. The highest BCUT2D eigenvalue weighted by Crippen LogP contribution is 2.60. The molecule has 21 heavy (non-hydrogen) atoms. The first-order valence-electron chi connectivity index (χ1n) is 7.22. The number of hydrogen-bond donors (Lipinski definition) is 2. The number of carbonyl (C=O) groups excluding carboxylic acids is 1. The highest BCUT2D eigenvalue weighted by atomic mass is 16.3. The Morgan fingerprint density at radius 1 is 1.29 bits per heavy atom. The number of hydrogen-bond acceptors (Lipinski definition) is 5. The van der Waals surface area contributed by atoms with Crippen molar-refractivity contribution >= 4 is 5.91 Å². The van der Waals surface area contributed by atoms with Crippen molar-refractivity contribution in [2.24, 2.45) is 16.7 Å². The minimum Gasteiger partial charge on any atom is -0.371 e. The van der Waals surface area contributed by atoms with Gasteiger partial charge in [-0.15, -0.1) is 0 Å². The molecule has 1 saturated carbocycles. The van der Waals surface area contributed by atoms with Crippen LogP contribution in [0.5, 0.6) is 0 Å². The lowest BCUT2D eigenvalue weighted by Crippen LogP contribution is -2.53. The average Bonchev–Trinajstić information content (AvgIpc) is 2.69. The van der Waals surface area contributed by atoms with Crippen LogP contribution < -0.4 is 5.32 Å². The van der Waals surface area contributed by atoms with Crippen molar-refractivity contribution in [1.82, 2.24) is 5.32 Å². The van der Waals surface area contributed by atoms with E-state index >= 15 is 0 Å². The van der Waals surface area contributed by atoms with E-state index in [-0.39, 0.29) is 12.8 Å². The van der Waals surface area contributed by atoms with Gasteiger partial charge in [0.2, 0.25) is 5.91 Å². The topological polar surface area (TPSA) is 121 Å². The summed E-state index contributed by atoms with van der Waals surface area (Å²) in [5.74, 6) is -1.19. The first kappa shape index (κ1) is 15.3. The van der Waals surface area contributed by atoms with Crippen molar-refractivity contribution < 1.29 is 9.90 Å². The smallest absolute Gasteiger partial charge is 0.245 e. The molecule has 0 aromatic rings. The lowest BCUT2D eigenvalue weighted by Gasteiger charge is -2.43. The molecule has 3 atom stereocenters. The summed E-state index contributed by atoms with van der Waals surface area (Å²) < 4.78 is 0. The molecule has 2 fully saturated rings. The quantitative estimate of drug-likeness (QED) is 0.755. The first-order chi connectivity index (χ1) is 9.93. The molecule has 2 N–H and O–H groups in total. The summed E-state index contributed by atoms with van der Waals surface area (Å²) in [5.41, 5.74) is -4.94. The van der Waals surface area contributed by atoms with Crippen LogP contribution >= 0.6 is 0 Å². The van der Waals surface area contributed by atoms with Gasteiger partial charge in [0, 0.05) is 12.8 Å². The number of nitrogens with zero attached hydrogens (tertiary/aromatic N) is 3. The third-order valence-corrected chi connectivity index (χ3v) is 4.86. The zero-order chi connectivity index (χ0) is 15.7. The van der Waals surface area contributed by atoms with Gasteiger partial charge in [-0.05, 0) is 12.3 Å². The van der Waals surface area contributed by atoms with Crippen molar-refractivity contribution in [2.45, 2.75) is 51.2 Å². The molecule has 0 unspecified atom stereocenters. The third kappa shape index (κ3) is 1.89. The third-order valence-electron chi connectivity index (χ3n) is 4.86. The Labute approximate surface area is 124 Å². The lowest BCUT2D eigenvalue weighted by atomic mass is 9.52. The van der Waals surface area contributed by atoms with Crippen molar-refractivity contribution in [2.75, 3.05) is 0 Å². The van der Waals surface area contributed by atoms with Crippen molar-refractivity contribution in [3.8, 4) is 18.2 Å². The fourth-order valence-corrected chi connectivity index (χ4v) is 3.77. The Balaban J connectivity index is 2.48. The van der Waals surface area contributed by atoms with Crippen molar-refractivity contribution in [3.63, 3.8) is 0 Å². The number of nitrogens with one attached hydrogen (secondary N) is 1. The Hall–Kier alpha value is -2.10. The Morgan fingerprint density at radius 3 is 2.48 bits per heavy atom. The van der Waals surface area contributed by atoms with Gasteiger partial charge in [-0.1, -0.05) is 26.2 Å². The van der Waals surface area contributed by atoms with Crippen LogP contribution in [0.3, 0.4) is 0 Å². The lowest BCUT2D eigenvalue weighted by molar-refractivity contribution is -0.128. The van der Waals surface area contributed by atoms with Crippen LogP contribution in [0.15, 0.2) is 0 Å². The van der Waals surface area contributed by atoms with Gasteiger partial charge in [0.1, 0.15) is 5.72 Å². The minimum atomic E-state index is -1.78. The molecule has 0 aromatic heterocycles. The maximum Gasteiger partial charge on any atom is 0.245 e. The van der Waals surface area contributed by atoms with E-state index in [0.717, 1.165) is 19.3 Å². The number of amides is 1. The van der Waals surface area contributed by atoms with E-state index in [1.807, 2.05) is 25.1 Å². The summed E-state index contributed by atoms with van der Waals surface area (Å²) in [7, 11) is 0. The molecule has 2 rings (SSSR count). The second kappa shape index (κ2) is 5.02. The molecule has 6 nitrogen and oxygen atoms in total. The number of carbonyl (C=O) groups is 1. The number of nitriles is 3. The fourth-order valence-electron chi connectivity index (χ4n) is 3.77. The summed E-state index contributed by atoms with van der Waals surface area (Å²) in [5, 5.41) is 41.6. The molecule has 0 radical (unpaired) electrons. The van der Waals surface area contributed by atoms with Crippen LogP contribution in [0.4, 0.5) is 0 Å². The van der Waals surface area contributed by atoms with Gasteiger partial charge in [0.05, 0.1) is 18.2 Å². The summed E-state index contributed by atoms with van der Waals surface area (Å²) >= 11 is 0. The standard InChI is InChI=1S/C15H18N4O2/c1-2-3-4-5-11-6-15(21)7-13(8-16,12(20)19-15)14(11,9-17)10-18/h11,21H,2-7H2,1H3,(H,19,20)/t11-,13-,15+/m0/s1. The molecule has 6 heteroatoms. The highest BCUT2D eigenvalue weighted by Gasteiger charge is 2.73. The predicted molar refractivity (Wildman–Crippen MR) is 71.7 cm³/mol. The van der Waals surface area contributed by atoms with Gasteiger partial charge in [-0.3, -0.25) is 4.79 Å². The van der Waals surface area contributed by atoms with Gasteiger partial charge in [-0.2, -0.15) is 15.8 Å². The molecular formula is C15H18N4O2. The van der Waals surface area contributed by atoms with Gasteiger partial charge in [-0.25, -0.2) is 0 Å². The van der Waals surface area contributed by atoms with E-state index in [2.05, 4.69) is 5.32 Å². The summed E-state index contributed by atoms with van der Waals surface area (Å²) in [4.78, 5) is 12.2. The number of unbranched alkanes of at least 4 members (excludes halogenated alkanes) is 2. The molecule has 1 heterocycles. The molecule has 2 bridgehead atoms. The summed E-state index contributed by atoms with van der Waals surface area (Å²) in [6.45, 7) is 2.04. The number of rotatable bonds is 4.